The molecule has 0 bridgehead atoms. The highest BCUT2D eigenvalue weighted by atomic mass is 35.5. The number of anilines is 1. The van der Waals surface area contributed by atoms with Crippen molar-refractivity contribution in [2.75, 3.05) is 5.32 Å². The van der Waals surface area contributed by atoms with Gasteiger partial charge in [0, 0.05) is 5.69 Å². The number of hydrogen-bond donors (Lipinski definition) is 3. The van der Waals surface area contributed by atoms with Gasteiger partial charge in [-0.3, -0.25) is 15.6 Å². The fourth-order valence-corrected chi connectivity index (χ4v) is 2.54. The van der Waals surface area contributed by atoms with Crippen LogP contribution >= 0.6 is 23.8 Å². The van der Waals surface area contributed by atoms with E-state index in [4.69, 9.17) is 23.8 Å². The minimum atomic E-state index is -0.521. The molecule has 0 spiro atoms. The van der Waals surface area contributed by atoms with E-state index in [0.717, 1.165) is 11.0 Å². The maximum absolute atomic E-state index is 13.1. The molecule has 3 aromatic rings. The number of amides is 1. The number of imidazole rings is 1. The van der Waals surface area contributed by atoms with Crippen LogP contribution in [0, 0.1) is 5.82 Å². The van der Waals surface area contributed by atoms with E-state index in [-0.39, 0.29) is 22.6 Å². The van der Waals surface area contributed by atoms with Gasteiger partial charge in [-0.15, -0.1) is 0 Å². The minimum Gasteiger partial charge on any atom is -0.331 e. The van der Waals surface area contributed by atoms with Crippen LogP contribution in [0.3, 0.4) is 0 Å². The van der Waals surface area contributed by atoms with E-state index in [1.165, 1.54) is 18.2 Å². The Morgan fingerprint density at radius 2 is 2.04 bits per heavy atom. The molecule has 3 rings (SSSR count). The largest absolute Gasteiger partial charge is 0.331 e. The predicted molar refractivity (Wildman–Crippen MR) is 98.6 cm³/mol. The van der Waals surface area contributed by atoms with E-state index in [1.54, 1.807) is 10.9 Å². The summed E-state index contributed by atoms with van der Waals surface area (Å²) in [4.78, 5) is 16.2. The van der Waals surface area contributed by atoms with E-state index < -0.39 is 5.82 Å². The lowest BCUT2D eigenvalue weighted by atomic mass is 10.3. The molecule has 128 valence electrons. The maximum Gasteiger partial charge on any atom is 0.258 e. The van der Waals surface area contributed by atoms with E-state index >= 15 is 0 Å². The topological polar surface area (TPSA) is 71.0 Å². The molecule has 25 heavy (non-hydrogen) atoms. The van der Waals surface area contributed by atoms with Crippen LogP contribution in [0.1, 0.15) is 0 Å². The van der Waals surface area contributed by atoms with Crippen molar-refractivity contribution in [1.82, 2.24) is 20.4 Å². The molecule has 1 aromatic heterocycles. The number of carbonyl (C=O) groups excluding carboxylic acids is 1. The highest BCUT2D eigenvalue weighted by Gasteiger charge is 2.08. The van der Waals surface area contributed by atoms with E-state index in [0.29, 0.717) is 5.69 Å². The van der Waals surface area contributed by atoms with Gasteiger partial charge in [-0.2, -0.15) is 0 Å². The molecule has 6 nitrogen and oxygen atoms in total. The number of hydrogen-bond acceptors (Lipinski definition) is 3. The Morgan fingerprint density at radius 1 is 1.24 bits per heavy atom. The molecule has 0 aliphatic rings. The maximum atomic E-state index is 13.1. The van der Waals surface area contributed by atoms with Crippen molar-refractivity contribution in [1.29, 1.82) is 0 Å². The normalized spacial score (nSPS) is 10.5. The SMILES string of the molecule is O=C(Cn1cnc2ccccc21)NNC(=S)Nc1ccc(F)c(Cl)c1. The van der Waals surface area contributed by atoms with Gasteiger partial charge in [0.2, 0.25) is 0 Å². The first-order valence-electron chi connectivity index (χ1n) is 7.23. The van der Waals surface area contributed by atoms with Crippen molar-refractivity contribution < 1.29 is 9.18 Å². The van der Waals surface area contributed by atoms with Gasteiger partial charge in [-0.25, -0.2) is 9.37 Å². The highest BCUT2D eigenvalue weighted by Crippen LogP contribution is 2.19. The lowest BCUT2D eigenvalue weighted by Gasteiger charge is -2.12. The molecule has 0 aliphatic heterocycles. The lowest BCUT2D eigenvalue weighted by Crippen LogP contribution is -2.45. The molecule has 0 saturated heterocycles. The zero-order valence-electron chi connectivity index (χ0n) is 12.8. The first-order valence-corrected chi connectivity index (χ1v) is 8.02. The Labute approximate surface area is 153 Å². The number of carbonyl (C=O) groups is 1. The number of nitrogens with zero attached hydrogens (tertiary/aromatic N) is 2. The van der Waals surface area contributed by atoms with Crippen molar-refractivity contribution >= 4 is 51.6 Å². The molecule has 0 fully saturated rings. The number of para-hydroxylation sites is 2. The second-order valence-electron chi connectivity index (χ2n) is 5.12. The second-order valence-corrected chi connectivity index (χ2v) is 5.93. The summed E-state index contributed by atoms with van der Waals surface area (Å²) >= 11 is 10.8. The summed E-state index contributed by atoms with van der Waals surface area (Å²) in [5.74, 6) is -0.823. The number of halogens is 2. The molecular formula is C16H13ClFN5OS. The summed E-state index contributed by atoms with van der Waals surface area (Å²) in [7, 11) is 0. The summed E-state index contributed by atoms with van der Waals surface area (Å²) in [5.41, 5.74) is 7.23. The third-order valence-corrected chi connectivity index (χ3v) is 3.83. The van der Waals surface area contributed by atoms with Crippen LogP contribution in [0.25, 0.3) is 11.0 Å². The molecule has 9 heteroatoms. The van der Waals surface area contributed by atoms with Gasteiger partial charge in [0.1, 0.15) is 12.4 Å². The van der Waals surface area contributed by atoms with Gasteiger partial charge in [0.05, 0.1) is 22.4 Å². The summed E-state index contributed by atoms with van der Waals surface area (Å²) in [5, 5.41) is 2.91. The molecule has 3 N–H and O–H groups in total. The average molecular weight is 378 g/mol. The van der Waals surface area contributed by atoms with Crippen LogP contribution in [0.4, 0.5) is 10.1 Å². The standard InChI is InChI=1S/C16H13ClFN5OS/c17-11-7-10(5-6-12(11)18)20-16(25)22-21-15(24)8-23-9-19-13-3-1-2-4-14(13)23/h1-7,9H,8H2,(H,21,24)(H2,20,22,25). The number of nitrogens with one attached hydrogen (secondary N) is 3. The van der Waals surface area contributed by atoms with Crippen molar-refractivity contribution in [2.45, 2.75) is 6.54 Å². The molecule has 0 unspecified atom stereocenters. The van der Waals surface area contributed by atoms with Gasteiger partial charge in [0.15, 0.2) is 5.11 Å². The van der Waals surface area contributed by atoms with Crippen LogP contribution in [-0.2, 0) is 11.3 Å². The van der Waals surface area contributed by atoms with Gasteiger partial charge >= 0.3 is 0 Å². The fraction of sp³-hybridized carbons (Fsp3) is 0.0625. The highest BCUT2D eigenvalue weighted by molar-refractivity contribution is 7.80. The number of fused-ring (bicyclic) bond motifs is 1. The first-order chi connectivity index (χ1) is 12.0. The van der Waals surface area contributed by atoms with Crippen molar-refractivity contribution in [3.63, 3.8) is 0 Å². The lowest BCUT2D eigenvalue weighted by molar-refractivity contribution is -0.122. The molecule has 0 atom stereocenters. The van der Waals surface area contributed by atoms with Crippen molar-refractivity contribution in [3.05, 3.63) is 59.6 Å². The summed E-state index contributed by atoms with van der Waals surface area (Å²) in [6, 6.07) is 11.6. The Kier molecular flexibility index (Phi) is 5.11. The number of aromatic nitrogens is 2. The van der Waals surface area contributed by atoms with Crippen LogP contribution in [0.2, 0.25) is 5.02 Å². The van der Waals surface area contributed by atoms with E-state index in [9.17, 15) is 9.18 Å². The van der Waals surface area contributed by atoms with Crippen molar-refractivity contribution in [3.8, 4) is 0 Å². The van der Waals surface area contributed by atoms with Gasteiger partial charge in [-0.1, -0.05) is 23.7 Å². The van der Waals surface area contributed by atoms with Crippen LogP contribution in [0.5, 0.6) is 0 Å². The van der Waals surface area contributed by atoms with Crippen LogP contribution < -0.4 is 16.2 Å². The van der Waals surface area contributed by atoms with Gasteiger partial charge in [0.25, 0.3) is 5.91 Å². The summed E-state index contributed by atoms with van der Waals surface area (Å²) in [6.45, 7) is 0.0818. The molecule has 0 saturated carbocycles. The van der Waals surface area contributed by atoms with Gasteiger partial charge in [-0.05, 0) is 42.5 Å². The molecule has 0 radical (unpaired) electrons. The molecule has 0 aliphatic carbocycles. The predicted octanol–water partition coefficient (Wildman–Crippen LogP) is 2.85. The molecule has 1 amide bonds. The Balaban J connectivity index is 1.53. The van der Waals surface area contributed by atoms with Crippen LogP contribution in [-0.4, -0.2) is 20.6 Å². The molecule has 1 heterocycles. The Morgan fingerprint density at radius 3 is 2.84 bits per heavy atom. The second kappa shape index (κ2) is 7.45. The van der Waals surface area contributed by atoms with Crippen molar-refractivity contribution in [2.24, 2.45) is 0 Å². The number of thiocarbonyl (C=S) groups is 1. The number of rotatable bonds is 3. The first kappa shape index (κ1) is 17.1. The van der Waals surface area contributed by atoms with Crippen LogP contribution in [0.15, 0.2) is 48.8 Å². The zero-order valence-corrected chi connectivity index (χ0v) is 14.4. The summed E-state index contributed by atoms with van der Waals surface area (Å²) < 4.78 is 14.8. The molecular weight excluding hydrogens is 365 g/mol. The average Bonchev–Trinajstić information content (AvgIpc) is 2.99. The third kappa shape index (κ3) is 4.23. The monoisotopic (exact) mass is 377 g/mol. The van der Waals surface area contributed by atoms with E-state index in [1.807, 2.05) is 24.3 Å². The Hall–Kier alpha value is -2.71. The Bertz CT molecular complexity index is 945. The third-order valence-electron chi connectivity index (χ3n) is 3.33. The fourth-order valence-electron chi connectivity index (χ4n) is 2.19. The summed E-state index contributed by atoms with van der Waals surface area (Å²) in [6.07, 6.45) is 1.60. The smallest absolute Gasteiger partial charge is 0.258 e. The number of hydrazine groups is 1. The zero-order chi connectivity index (χ0) is 17.8. The van der Waals surface area contributed by atoms with E-state index in [2.05, 4.69) is 21.2 Å². The quantitative estimate of drug-likeness (QED) is 0.483. The van der Waals surface area contributed by atoms with Gasteiger partial charge < -0.3 is 9.88 Å². The minimum absolute atomic E-state index is 0.0242. The number of benzene rings is 2. The molecule has 2 aromatic carbocycles.